The molecule has 2 amide bonds. The zero-order chi connectivity index (χ0) is 18.2. The van der Waals surface area contributed by atoms with Crippen molar-refractivity contribution in [2.75, 3.05) is 38.2 Å². The molecular formula is C20H33N3O2. The van der Waals surface area contributed by atoms with E-state index in [9.17, 15) is 4.79 Å². The molecule has 0 aromatic heterocycles. The molecule has 0 bridgehead atoms. The molecule has 1 aliphatic rings. The number of nitrogens with zero attached hydrogens (tertiary/aromatic N) is 1. The Morgan fingerprint density at radius 3 is 2.28 bits per heavy atom. The Balaban J connectivity index is 1.97. The molecule has 5 heteroatoms. The van der Waals surface area contributed by atoms with E-state index >= 15 is 0 Å². The number of morpholine rings is 1. The summed E-state index contributed by atoms with van der Waals surface area (Å²) in [7, 11) is 0. The number of anilines is 1. The third-order valence-electron chi connectivity index (χ3n) is 4.99. The normalized spacial score (nSPS) is 16.7. The summed E-state index contributed by atoms with van der Waals surface area (Å²) >= 11 is 0. The zero-order valence-corrected chi connectivity index (χ0v) is 16.1. The number of para-hydroxylation sites is 1. The number of hydrogen-bond donors (Lipinski definition) is 2. The van der Waals surface area contributed by atoms with Gasteiger partial charge in [-0.3, -0.25) is 4.90 Å². The van der Waals surface area contributed by atoms with Crippen LogP contribution in [-0.2, 0) is 17.6 Å². The fourth-order valence-corrected chi connectivity index (χ4v) is 3.45. The quantitative estimate of drug-likeness (QED) is 0.796. The topological polar surface area (TPSA) is 53.6 Å². The predicted molar refractivity (Wildman–Crippen MR) is 103 cm³/mol. The van der Waals surface area contributed by atoms with Gasteiger partial charge in [0.1, 0.15) is 0 Å². The number of aryl methyl sites for hydroxylation is 2. The number of nitrogens with one attached hydrogen (secondary N) is 2. The summed E-state index contributed by atoms with van der Waals surface area (Å²) < 4.78 is 5.44. The Labute approximate surface area is 152 Å². The number of urea groups is 1. The number of amides is 2. The molecule has 140 valence electrons. The first-order valence-corrected chi connectivity index (χ1v) is 9.54. The molecule has 5 nitrogen and oxygen atoms in total. The Morgan fingerprint density at radius 1 is 1.16 bits per heavy atom. The van der Waals surface area contributed by atoms with Crippen LogP contribution >= 0.6 is 0 Å². The standard InChI is InChI=1S/C20H33N3O2/c1-5-16-8-7-9-17(6-2)19(16)22-20(24)21-14-18(15(3)4)23-10-12-25-13-11-23/h7-9,15,18H,5-6,10-14H2,1-4H3,(H2,21,22,24). The van der Waals surface area contributed by atoms with Gasteiger partial charge >= 0.3 is 6.03 Å². The highest BCUT2D eigenvalue weighted by Crippen LogP contribution is 2.22. The lowest BCUT2D eigenvalue weighted by molar-refractivity contribution is 0.00728. The summed E-state index contributed by atoms with van der Waals surface area (Å²) in [5.74, 6) is 0.479. The summed E-state index contributed by atoms with van der Waals surface area (Å²) in [4.78, 5) is 14.9. The molecule has 0 spiro atoms. The molecule has 0 aliphatic carbocycles. The molecule has 1 aromatic carbocycles. The SMILES string of the molecule is CCc1cccc(CC)c1NC(=O)NCC(C(C)C)N1CCOCC1. The Bertz CT molecular complexity index is 532. The van der Waals surface area contributed by atoms with Gasteiger partial charge in [0.25, 0.3) is 0 Å². The van der Waals surface area contributed by atoms with Crippen molar-refractivity contribution in [2.24, 2.45) is 5.92 Å². The van der Waals surface area contributed by atoms with Crippen molar-refractivity contribution < 1.29 is 9.53 Å². The molecule has 1 aromatic rings. The summed E-state index contributed by atoms with van der Waals surface area (Å²) in [6, 6.07) is 6.45. The van der Waals surface area contributed by atoms with Gasteiger partial charge in [-0.2, -0.15) is 0 Å². The maximum Gasteiger partial charge on any atom is 0.319 e. The third-order valence-corrected chi connectivity index (χ3v) is 4.99. The van der Waals surface area contributed by atoms with Gasteiger partial charge in [0.15, 0.2) is 0 Å². The number of rotatable bonds is 7. The molecular weight excluding hydrogens is 314 g/mol. The molecule has 2 N–H and O–H groups in total. The number of carbonyl (C=O) groups excluding carboxylic acids is 1. The van der Waals surface area contributed by atoms with E-state index < -0.39 is 0 Å². The van der Waals surface area contributed by atoms with Crippen molar-refractivity contribution in [3.63, 3.8) is 0 Å². The van der Waals surface area contributed by atoms with Crippen LogP contribution < -0.4 is 10.6 Å². The fraction of sp³-hybridized carbons (Fsp3) is 0.650. The monoisotopic (exact) mass is 347 g/mol. The van der Waals surface area contributed by atoms with Crippen LogP contribution in [0.1, 0.15) is 38.8 Å². The van der Waals surface area contributed by atoms with Crippen molar-refractivity contribution in [1.29, 1.82) is 0 Å². The number of ether oxygens (including phenoxy) is 1. The predicted octanol–water partition coefficient (Wildman–Crippen LogP) is 3.29. The minimum absolute atomic E-state index is 0.116. The molecule has 25 heavy (non-hydrogen) atoms. The summed E-state index contributed by atoms with van der Waals surface area (Å²) in [6.07, 6.45) is 1.82. The third kappa shape index (κ3) is 5.44. The highest BCUT2D eigenvalue weighted by Gasteiger charge is 2.24. The van der Waals surface area contributed by atoms with Crippen LogP contribution in [0.25, 0.3) is 0 Å². The lowest BCUT2D eigenvalue weighted by Gasteiger charge is -2.36. The average Bonchev–Trinajstić information content (AvgIpc) is 2.62. The highest BCUT2D eigenvalue weighted by atomic mass is 16.5. The summed E-state index contributed by atoms with van der Waals surface area (Å²) in [5, 5.41) is 6.16. The molecule has 1 fully saturated rings. The number of carbonyl (C=O) groups is 1. The van der Waals surface area contributed by atoms with Crippen LogP contribution in [-0.4, -0.2) is 49.8 Å². The molecule has 2 rings (SSSR count). The largest absolute Gasteiger partial charge is 0.379 e. The van der Waals surface area contributed by atoms with Gasteiger partial charge in [-0.25, -0.2) is 4.79 Å². The molecule has 1 aliphatic heterocycles. The summed E-state index contributed by atoms with van der Waals surface area (Å²) in [5.41, 5.74) is 3.34. The minimum atomic E-state index is -0.116. The molecule has 0 saturated carbocycles. The number of hydrogen-bond acceptors (Lipinski definition) is 3. The van der Waals surface area contributed by atoms with Crippen molar-refractivity contribution >= 4 is 11.7 Å². The second-order valence-corrected chi connectivity index (χ2v) is 6.95. The number of benzene rings is 1. The van der Waals surface area contributed by atoms with Crippen molar-refractivity contribution in [2.45, 2.75) is 46.6 Å². The molecule has 1 heterocycles. The lowest BCUT2D eigenvalue weighted by Crippen LogP contribution is -2.51. The second kappa shape index (κ2) is 9.78. The van der Waals surface area contributed by atoms with Crippen molar-refractivity contribution in [3.05, 3.63) is 29.3 Å². The average molecular weight is 348 g/mol. The maximum atomic E-state index is 12.5. The van der Waals surface area contributed by atoms with Gasteiger partial charge in [-0.1, -0.05) is 45.9 Å². The van der Waals surface area contributed by atoms with Crippen LogP contribution in [0.5, 0.6) is 0 Å². The van der Waals surface area contributed by atoms with E-state index in [-0.39, 0.29) is 6.03 Å². The maximum absolute atomic E-state index is 12.5. The van der Waals surface area contributed by atoms with Crippen molar-refractivity contribution in [1.82, 2.24) is 10.2 Å². The zero-order valence-electron chi connectivity index (χ0n) is 16.1. The van der Waals surface area contributed by atoms with Gasteiger partial charge in [-0.15, -0.1) is 0 Å². The molecule has 1 atom stereocenters. The van der Waals surface area contributed by atoms with Gasteiger partial charge in [0.2, 0.25) is 0 Å². The van der Waals surface area contributed by atoms with E-state index in [1.54, 1.807) is 0 Å². The molecule has 1 unspecified atom stereocenters. The molecule has 0 radical (unpaired) electrons. The molecule has 1 saturated heterocycles. The Kier molecular flexibility index (Phi) is 7.72. The fourth-order valence-electron chi connectivity index (χ4n) is 3.45. The van der Waals surface area contributed by atoms with Crippen LogP contribution in [0.3, 0.4) is 0 Å². The second-order valence-electron chi connectivity index (χ2n) is 6.95. The lowest BCUT2D eigenvalue weighted by atomic mass is 10.0. The first-order chi connectivity index (χ1) is 12.1. The van der Waals surface area contributed by atoms with E-state index in [0.29, 0.717) is 18.5 Å². The Hall–Kier alpha value is -1.59. The van der Waals surface area contributed by atoms with Crippen LogP contribution in [0.15, 0.2) is 18.2 Å². The van der Waals surface area contributed by atoms with Crippen LogP contribution in [0, 0.1) is 5.92 Å². The minimum Gasteiger partial charge on any atom is -0.379 e. The summed E-state index contributed by atoms with van der Waals surface area (Å²) in [6.45, 7) is 12.7. The van der Waals surface area contributed by atoms with E-state index in [0.717, 1.165) is 44.8 Å². The van der Waals surface area contributed by atoms with Gasteiger partial charge in [0, 0.05) is 31.4 Å². The van der Waals surface area contributed by atoms with Gasteiger partial charge in [-0.05, 0) is 29.9 Å². The first kappa shape index (κ1) is 19.7. The van der Waals surface area contributed by atoms with E-state index in [1.807, 2.05) is 0 Å². The Morgan fingerprint density at radius 2 is 1.76 bits per heavy atom. The van der Waals surface area contributed by atoms with Crippen LogP contribution in [0.2, 0.25) is 0 Å². The van der Waals surface area contributed by atoms with E-state index in [1.165, 1.54) is 11.1 Å². The van der Waals surface area contributed by atoms with E-state index in [2.05, 4.69) is 61.4 Å². The van der Waals surface area contributed by atoms with Crippen molar-refractivity contribution in [3.8, 4) is 0 Å². The first-order valence-electron chi connectivity index (χ1n) is 9.54. The highest BCUT2D eigenvalue weighted by molar-refractivity contribution is 5.91. The van der Waals surface area contributed by atoms with Crippen LogP contribution in [0.4, 0.5) is 10.5 Å². The van der Waals surface area contributed by atoms with Gasteiger partial charge in [0.05, 0.1) is 13.2 Å². The van der Waals surface area contributed by atoms with Gasteiger partial charge < -0.3 is 15.4 Å². The smallest absolute Gasteiger partial charge is 0.319 e. The van der Waals surface area contributed by atoms with E-state index in [4.69, 9.17) is 4.74 Å².